The first-order chi connectivity index (χ1) is 20.5. The average molecular weight is 629 g/mol. The minimum Gasteiger partial charge on any atom is -0.516 e. The highest BCUT2D eigenvalue weighted by Gasteiger charge is 2.49. The van der Waals surface area contributed by atoms with Crippen molar-refractivity contribution in [3.63, 3.8) is 0 Å². The molecule has 1 N–H and O–H groups in total. The lowest BCUT2D eigenvalue weighted by Gasteiger charge is -2.24. The van der Waals surface area contributed by atoms with E-state index in [1.165, 1.54) is 5.56 Å². The summed E-state index contributed by atoms with van der Waals surface area (Å²) in [4.78, 5) is 2.72. The predicted octanol–water partition coefficient (Wildman–Crippen LogP) is 7.29. The number of ether oxygens (including phenoxy) is 1. The van der Waals surface area contributed by atoms with Gasteiger partial charge in [-0.2, -0.15) is 0 Å². The molecule has 2 aromatic rings. The Morgan fingerprint density at radius 2 is 1.30 bits per heavy atom. The molecule has 234 valence electrons. The Labute approximate surface area is 257 Å². The minimum atomic E-state index is -4.07. The predicted molar refractivity (Wildman–Crippen MR) is 173 cm³/mol. The Morgan fingerprint density at radius 1 is 0.814 bits per heavy atom. The molecule has 2 aromatic carbocycles. The molecule has 0 heterocycles. The van der Waals surface area contributed by atoms with Crippen molar-refractivity contribution in [3.8, 4) is 0 Å². The Hall–Kier alpha value is -3.20. The van der Waals surface area contributed by atoms with E-state index in [4.69, 9.17) is 15.4 Å². The van der Waals surface area contributed by atoms with Crippen molar-refractivity contribution >= 4 is 36.2 Å². The molecule has 0 spiro atoms. The van der Waals surface area contributed by atoms with Gasteiger partial charge >= 0.3 is 4.38 Å². The summed E-state index contributed by atoms with van der Waals surface area (Å²) < 4.78 is 55.0. The van der Waals surface area contributed by atoms with Gasteiger partial charge in [-0.3, -0.25) is 0 Å². The molecule has 2 aliphatic carbocycles. The summed E-state index contributed by atoms with van der Waals surface area (Å²) in [6.45, 7) is 4.15. The molecule has 4 rings (SSSR count). The molecule has 0 aliphatic heterocycles. The van der Waals surface area contributed by atoms with Gasteiger partial charge in [-0.15, -0.1) is 4.79 Å². The monoisotopic (exact) mass is 628 g/mol. The van der Waals surface area contributed by atoms with Gasteiger partial charge in [-0.25, -0.2) is 16.8 Å². The number of nitrogens with zero attached hydrogens (tertiary/aromatic N) is 2. The van der Waals surface area contributed by atoms with Crippen LogP contribution in [0, 0.1) is 0 Å². The molecule has 0 saturated heterocycles. The smallest absolute Gasteiger partial charge is 0.495 e. The van der Waals surface area contributed by atoms with Gasteiger partial charge in [0.2, 0.25) is 0 Å². The molecule has 0 amide bonds. The van der Waals surface area contributed by atoms with E-state index in [9.17, 15) is 16.8 Å². The lowest BCUT2D eigenvalue weighted by atomic mass is 9.97. The third-order valence-corrected chi connectivity index (χ3v) is 13.1. The second-order valence-electron chi connectivity index (χ2n) is 11.8. The molecule has 0 radical (unpaired) electrons. The largest absolute Gasteiger partial charge is 0.516 e. The first-order valence-corrected chi connectivity index (χ1v) is 18.1. The zero-order valence-corrected chi connectivity index (χ0v) is 26.8. The van der Waals surface area contributed by atoms with Gasteiger partial charge in [0.15, 0.2) is 0 Å². The van der Waals surface area contributed by atoms with Gasteiger partial charge < -0.3 is 15.4 Å². The number of rotatable bonds is 8. The van der Waals surface area contributed by atoms with Crippen LogP contribution in [-0.4, -0.2) is 47.2 Å². The van der Waals surface area contributed by atoms with Crippen LogP contribution in [0.1, 0.15) is 94.7 Å². The second-order valence-corrected chi connectivity index (χ2v) is 16.3. The van der Waals surface area contributed by atoms with E-state index in [-0.39, 0.29) is 5.60 Å². The van der Waals surface area contributed by atoms with E-state index in [1.807, 2.05) is 48.5 Å². The average Bonchev–Trinajstić information content (AvgIpc) is 3.00. The lowest BCUT2D eigenvalue weighted by molar-refractivity contribution is 0.00359. The Bertz CT molecular complexity index is 1430. The molecule has 0 unspecified atom stereocenters. The second kappa shape index (κ2) is 16.0. The van der Waals surface area contributed by atoms with Crippen LogP contribution in [-0.2, 0) is 30.8 Å². The third kappa shape index (κ3) is 10.2. The van der Waals surface area contributed by atoms with E-state index >= 15 is 0 Å². The Balaban J connectivity index is 0.000000236. The Morgan fingerprint density at radius 3 is 1.77 bits per heavy atom. The number of sulfone groups is 2. The van der Waals surface area contributed by atoms with E-state index < -0.39 is 34.6 Å². The van der Waals surface area contributed by atoms with Crippen LogP contribution in [0.5, 0.6) is 0 Å². The van der Waals surface area contributed by atoms with Crippen LogP contribution in [0.2, 0.25) is 0 Å². The van der Waals surface area contributed by atoms with Gasteiger partial charge in [0.25, 0.3) is 19.7 Å². The summed E-state index contributed by atoms with van der Waals surface area (Å²) in [5, 5.41) is 7.31. The maximum Gasteiger partial charge on any atom is 0.495 e. The normalized spacial score (nSPS) is 17.3. The molecule has 43 heavy (non-hydrogen) atoms. The zero-order valence-electron chi connectivity index (χ0n) is 25.1. The van der Waals surface area contributed by atoms with Crippen molar-refractivity contribution in [3.05, 3.63) is 89.3 Å². The molecular formula is C33H44N2O6S2. The van der Waals surface area contributed by atoms with Crippen molar-refractivity contribution in [1.29, 1.82) is 0 Å². The van der Waals surface area contributed by atoms with Gasteiger partial charge in [0.05, 0.1) is 23.0 Å². The van der Waals surface area contributed by atoms with E-state index in [0.29, 0.717) is 25.7 Å². The van der Waals surface area contributed by atoms with E-state index in [0.717, 1.165) is 62.3 Å². The van der Waals surface area contributed by atoms with Crippen LogP contribution >= 0.6 is 0 Å². The van der Waals surface area contributed by atoms with Gasteiger partial charge in [-0.05, 0) is 68.4 Å². The number of benzene rings is 2. The topological polar surface area (TPSA) is 134 Å². The standard InChI is InChI=1S/C20H22O2.C13H22N2O4S2/c1-20(2,22-15-13-17-6-4-3-5-7-17)16-19-10-8-18(9-11-19)12-14-21;14-15-13(20(16,17)11-7-3-1-4-8-11)21(18,19)12-9-5-2-6-10-12/h3-15,21H,16H2,1-2H3;11-12H,1-10H2. The maximum atomic E-state index is 12.5. The van der Waals surface area contributed by atoms with Gasteiger partial charge in [0.1, 0.15) is 5.60 Å². The van der Waals surface area contributed by atoms with E-state index in [2.05, 4.69) is 30.8 Å². The van der Waals surface area contributed by atoms with Crippen LogP contribution in [0.4, 0.5) is 0 Å². The molecule has 8 nitrogen and oxygen atoms in total. The first kappa shape index (κ1) is 34.3. The van der Waals surface area contributed by atoms with Gasteiger partial charge in [-0.1, -0.05) is 93.1 Å². The molecule has 0 aromatic heterocycles. The summed E-state index contributed by atoms with van der Waals surface area (Å²) in [6.07, 6.45) is 14.1. The molecule has 2 fully saturated rings. The molecule has 10 heteroatoms. The van der Waals surface area contributed by atoms with E-state index in [1.54, 1.807) is 12.3 Å². The van der Waals surface area contributed by atoms with Crippen molar-refractivity contribution in [1.82, 2.24) is 0 Å². The first-order valence-electron chi connectivity index (χ1n) is 15.0. The number of hydrogen-bond donors (Lipinski definition) is 1. The summed E-state index contributed by atoms with van der Waals surface area (Å²) in [6, 6.07) is 18.2. The fourth-order valence-electron chi connectivity index (χ4n) is 5.54. The summed E-state index contributed by atoms with van der Waals surface area (Å²) >= 11 is 0. The van der Waals surface area contributed by atoms with Crippen LogP contribution in [0.3, 0.4) is 0 Å². The van der Waals surface area contributed by atoms with Crippen molar-refractivity contribution in [2.75, 3.05) is 0 Å². The quantitative estimate of drug-likeness (QED) is 0.107. The molecular weight excluding hydrogens is 585 g/mol. The van der Waals surface area contributed by atoms with Crippen molar-refractivity contribution in [2.45, 2.75) is 101 Å². The highest BCUT2D eigenvalue weighted by atomic mass is 32.3. The summed E-state index contributed by atoms with van der Waals surface area (Å²) in [7, 11) is -8.14. The lowest BCUT2D eigenvalue weighted by Crippen LogP contribution is -2.40. The highest BCUT2D eigenvalue weighted by Crippen LogP contribution is 2.30. The SMILES string of the molecule is CC(C)(Cc1ccc(C=CO)cc1)OC=Cc1ccccc1.[N-]=[N+]=C(S(=O)(=O)C1CCCCC1)S(=O)(=O)C1CCCCC1. The number of aliphatic hydroxyl groups excluding tert-OH is 1. The number of hydrogen-bond acceptors (Lipinski definition) is 6. The fraction of sp³-hybridized carbons (Fsp3) is 0.485. The zero-order chi connectivity index (χ0) is 31.3. The maximum absolute atomic E-state index is 12.5. The summed E-state index contributed by atoms with van der Waals surface area (Å²) in [5.41, 5.74) is 12.1. The molecule has 0 bridgehead atoms. The van der Waals surface area contributed by atoms with Crippen molar-refractivity contribution in [2.24, 2.45) is 0 Å². The Kier molecular flexibility index (Phi) is 12.8. The molecule has 2 aliphatic rings. The molecule has 0 atom stereocenters. The fourth-order valence-corrected chi connectivity index (χ4v) is 10.4. The molecule has 2 saturated carbocycles. The third-order valence-electron chi connectivity index (χ3n) is 7.87. The summed E-state index contributed by atoms with van der Waals surface area (Å²) in [5.74, 6) is 0. The minimum absolute atomic E-state index is 0.278. The van der Waals surface area contributed by atoms with Crippen LogP contribution in [0.25, 0.3) is 17.7 Å². The van der Waals surface area contributed by atoms with Crippen molar-refractivity contribution < 1.29 is 31.5 Å². The highest BCUT2D eigenvalue weighted by molar-refractivity contribution is 8.31. The van der Waals surface area contributed by atoms with Crippen LogP contribution < -0.4 is 0 Å². The van der Waals surface area contributed by atoms with Crippen LogP contribution in [0.15, 0.2) is 67.1 Å². The van der Waals surface area contributed by atoms with Gasteiger partial charge in [0, 0.05) is 6.42 Å². The number of aliphatic hydroxyl groups is 1.